The molecule has 3 nitrogen and oxygen atoms in total. The van der Waals surface area contributed by atoms with E-state index in [2.05, 4.69) is 5.32 Å². The van der Waals surface area contributed by atoms with Gasteiger partial charge in [0.15, 0.2) is 0 Å². The molecule has 2 atom stereocenters. The van der Waals surface area contributed by atoms with Gasteiger partial charge in [-0.25, -0.2) is 8.78 Å². The molecule has 0 aliphatic heterocycles. The normalized spacial score (nSPS) is 23.7. The number of aliphatic hydroxyl groups is 1. The van der Waals surface area contributed by atoms with Crippen LogP contribution in [0.1, 0.15) is 29.6 Å². The Labute approximate surface area is 97.5 Å². The Morgan fingerprint density at radius 2 is 2.12 bits per heavy atom. The number of carbonyl (C=O) groups excluding carboxylic acids is 1. The third-order valence-corrected chi connectivity index (χ3v) is 2.97. The predicted octanol–water partition coefficient (Wildman–Crippen LogP) is 1.61. The summed E-state index contributed by atoms with van der Waals surface area (Å²) in [6.07, 6.45) is 1.56. The minimum Gasteiger partial charge on any atom is -0.391 e. The van der Waals surface area contributed by atoms with Crippen LogP contribution in [0.2, 0.25) is 0 Å². The number of aliphatic hydroxyl groups excluding tert-OH is 1. The van der Waals surface area contributed by atoms with Crippen LogP contribution in [0.3, 0.4) is 0 Å². The van der Waals surface area contributed by atoms with Gasteiger partial charge in [-0.2, -0.15) is 0 Å². The van der Waals surface area contributed by atoms with Crippen LogP contribution in [0.25, 0.3) is 0 Å². The van der Waals surface area contributed by atoms with E-state index in [4.69, 9.17) is 0 Å². The third-order valence-electron chi connectivity index (χ3n) is 2.97. The molecule has 0 radical (unpaired) electrons. The lowest BCUT2D eigenvalue weighted by Gasteiger charge is -2.16. The van der Waals surface area contributed by atoms with Gasteiger partial charge in [-0.15, -0.1) is 0 Å². The van der Waals surface area contributed by atoms with E-state index in [0.717, 1.165) is 18.6 Å². The van der Waals surface area contributed by atoms with Gasteiger partial charge in [0.25, 0.3) is 5.91 Å². The van der Waals surface area contributed by atoms with Crippen molar-refractivity contribution < 1.29 is 18.7 Å². The van der Waals surface area contributed by atoms with Crippen molar-refractivity contribution in [1.82, 2.24) is 5.32 Å². The van der Waals surface area contributed by atoms with E-state index in [1.165, 1.54) is 0 Å². The van der Waals surface area contributed by atoms with Gasteiger partial charge in [-0.05, 0) is 31.4 Å². The average Bonchev–Trinajstić information content (AvgIpc) is 2.64. The second-order valence-electron chi connectivity index (χ2n) is 4.20. The summed E-state index contributed by atoms with van der Waals surface area (Å²) in [4.78, 5) is 11.7. The zero-order valence-corrected chi connectivity index (χ0v) is 9.12. The van der Waals surface area contributed by atoms with Crippen LogP contribution in [-0.4, -0.2) is 23.2 Å². The number of benzene rings is 1. The molecule has 0 saturated heterocycles. The number of nitrogens with one attached hydrogen (secondary N) is 1. The van der Waals surface area contributed by atoms with Crippen LogP contribution < -0.4 is 5.32 Å². The Morgan fingerprint density at radius 3 is 2.71 bits per heavy atom. The van der Waals surface area contributed by atoms with Gasteiger partial charge in [0.2, 0.25) is 0 Å². The highest BCUT2D eigenvalue weighted by atomic mass is 19.1. The van der Waals surface area contributed by atoms with Gasteiger partial charge in [-0.1, -0.05) is 0 Å². The van der Waals surface area contributed by atoms with Gasteiger partial charge < -0.3 is 10.4 Å². The number of rotatable bonds is 2. The summed E-state index contributed by atoms with van der Waals surface area (Å²) in [6.45, 7) is 0. The summed E-state index contributed by atoms with van der Waals surface area (Å²) < 4.78 is 26.0. The topological polar surface area (TPSA) is 49.3 Å². The molecule has 1 aromatic rings. The van der Waals surface area contributed by atoms with Crippen LogP contribution in [0, 0.1) is 11.6 Å². The highest BCUT2D eigenvalue weighted by molar-refractivity contribution is 5.94. The first-order chi connectivity index (χ1) is 8.08. The van der Waals surface area contributed by atoms with Crippen LogP contribution in [0.15, 0.2) is 18.2 Å². The zero-order chi connectivity index (χ0) is 12.4. The monoisotopic (exact) mass is 241 g/mol. The molecule has 2 rings (SSSR count). The van der Waals surface area contributed by atoms with Gasteiger partial charge in [0.1, 0.15) is 11.6 Å². The lowest BCUT2D eigenvalue weighted by atomic mass is 10.1. The molecule has 0 aromatic heterocycles. The minimum absolute atomic E-state index is 0.203. The lowest BCUT2D eigenvalue weighted by molar-refractivity contribution is 0.0869. The summed E-state index contributed by atoms with van der Waals surface area (Å²) in [5.41, 5.74) is -0.203. The molecule has 0 spiro atoms. The summed E-state index contributed by atoms with van der Waals surface area (Å²) in [6, 6.07) is 2.46. The first kappa shape index (κ1) is 12.0. The van der Waals surface area contributed by atoms with Gasteiger partial charge in [-0.3, -0.25) is 4.79 Å². The van der Waals surface area contributed by atoms with E-state index in [1.54, 1.807) is 0 Å². The maximum atomic E-state index is 13.3. The van der Waals surface area contributed by atoms with Crippen LogP contribution in [-0.2, 0) is 0 Å². The number of carbonyl (C=O) groups is 1. The second kappa shape index (κ2) is 4.79. The van der Waals surface area contributed by atoms with E-state index in [9.17, 15) is 18.7 Å². The van der Waals surface area contributed by atoms with Crippen LogP contribution >= 0.6 is 0 Å². The van der Waals surface area contributed by atoms with E-state index >= 15 is 0 Å². The van der Waals surface area contributed by atoms with Crippen LogP contribution in [0.5, 0.6) is 0 Å². The molecule has 1 saturated carbocycles. The highest BCUT2D eigenvalue weighted by Gasteiger charge is 2.27. The van der Waals surface area contributed by atoms with Crippen molar-refractivity contribution in [2.24, 2.45) is 0 Å². The number of amides is 1. The molecule has 0 unspecified atom stereocenters. The first-order valence-electron chi connectivity index (χ1n) is 5.52. The van der Waals surface area contributed by atoms with Gasteiger partial charge in [0.05, 0.1) is 17.7 Å². The number of hydrogen-bond acceptors (Lipinski definition) is 2. The predicted molar refractivity (Wildman–Crippen MR) is 57.5 cm³/mol. The first-order valence-corrected chi connectivity index (χ1v) is 5.52. The smallest absolute Gasteiger partial charge is 0.254 e. The molecule has 1 amide bonds. The summed E-state index contributed by atoms with van der Waals surface area (Å²) in [7, 11) is 0. The Kier molecular flexibility index (Phi) is 3.38. The molecule has 1 aliphatic rings. The fraction of sp³-hybridized carbons (Fsp3) is 0.417. The quantitative estimate of drug-likeness (QED) is 0.826. The number of halogens is 2. The van der Waals surface area contributed by atoms with E-state index < -0.39 is 23.6 Å². The molecule has 1 aromatic carbocycles. The van der Waals surface area contributed by atoms with Crippen LogP contribution in [0.4, 0.5) is 8.78 Å². The standard InChI is InChI=1S/C12H13F2NO2/c13-7-4-5-8(9(14)6-7)12(17)15-10-2-1-3-11(10)16/h4-6,10-11,16H,1-3H2,(H,15,17)/t10-,11-/m1/s1. The Balaban J connectivity index is 2.09. The van der Waals surface area contributed by atoms with E-state index in [0.29, 0.717) is 18.9 Å². The fourth-order valence-corrected chi connectivity index (χ4v) is 2.03. The average molecular weight is 241 g/mol. The Bertz CT molecular complexity index is 437. The number of hydrogen-bond donors (Lipinski definition) is 2. The third kappa shape index (κ3) is 2.61. The molecule has 0 bridgehead atoms. The molecular weight excluding hydrogens is 228 g/mol. The fourth-order valence-electron chi connectivity index (χ4n) is 2.03. The Morgan fingerprint density at radius 1 is 1.35 bits per heavy atom. The van der Waals surface area contributed by atoms with Crippen molar-refractivity contribution >= 4 is 5.91 Å². The van der Waals surface area contributed by atoms with Crippen molar-refractivity contribution in [2.45, 2.75) is 31.4 Å². The molecule has 92 valence electrons. The van der Waals surface area contributed by atoms with Crippen molar-refractivity contribution in [2.75, 3.05) is 0 Å². The maximum absolute atomic E-state index is 13.3. The molecule has 5 heteroatoms. The SMILES string of the molecule is O=C(N[C@@H]1CCC[C@H]1O)c1ccc(F)cc1F. The highest BCUT2D eigenvalue weighted by Crippen LogP contribution is 2.19. The lowest BCUT2D eigenvalue weighted by Crippen LogP contribution is -2.40. The molecule has 17 heavy (non-hydrogen) atoms. The van der Waals surface area contributed by atoms with Crippen molar-refractivity contribution in [1.29, 1.82) is 0 Å². The molecule has 1 fully saturated rings. The van der Waals surface area contributed by atoms with Crippen molar-refractivity contribution in [3.8, 4) is 0 Å². The Hall–Kier alpha value is -1.49. The largest absolute Gasteiger partial charge is 0.391 e. The van der Waals surface area contributed by atoms with E-state index in [1.807, 2.05) is 0 Å². The van der Waals surface area contributed by atoms with Gasteiger partial charge in [0, 0.05) is 6.07 Å². The molecule has 2 N–H and O–H groups in total. The summed E-state index contributed by atoms with van der Waals surface area (Å²) in [5.74, 6) is -2.23. The second-order valence-corrected chi connectivity index (χ2v) is 4.20. The van der Waals surface area contributed by atoms with E-state index in [-0.39, 0.29) is 11.6 Å². The van der Waals surface area contributed by atoms with Gasteiger partial charge >= 0.3 is 0 Å². The maximum Gasteiger partial charge on any atom is 0.254 e. The summed E-state index contributed by atoms with van der Waals surface area (Å²) >= 11 is 0. The van der Waals surface area contributed by atoms with Crippen molar-refractivity contribution in [3.05, 3.63) is 35.4 Å². The van der Waals surface area contributed by atoms with Crippen molar-refractivity contribution in [3.63, 3.8) is 0 Å². The molecule has 1 aliphatic carbocycles. The summed E-state index contributed by atoms with van der Waals surface area (Å²) in [5, 5.41) is 12.1. The molecule has 0 heterocycles. The minimum atomic E-state index is -0.894. The zero-order valence-electron chi connectivity index (χ0n) is 9.12. The molecular formula is C12H13F2NO2.